The second-order valence-corrected chi connectivity index (χ2v) is 36.4. The van der Waals surface area contributed by atoms with Crippen molar-refractivity contribution in [3.8, 4) is 69.0 Å². The molecule has 0 aliphatic carbocycles. The summed E-state index contributed by atoms with van der Waals surface area (Å²) in [7, 11) is 2.42. The number of aliphatic hydroxyl groups is 6. The molecule has 18 unspecified atom stereocenters. The number of nitrogens with zero attached hydrogens (tertiary/aromatic N) is 6. The van der Waals surface area contributed by atoms with Crippen LogP contribution >= 0.6 is 0 Å². The second kappa shape index (κ2) is 48.4. The molecule has 6 fully saturated rings. The molecule has 0 amide bonds. The van der Waals surface area contributed by atoms with Gasteiger partial charge in [0.1, 0.15) is 0 Å². The van der Waals surface area contributed by atoms with Crippen molar-refractivity contribution in [3.63, 3.8) is 0 Å². The summed E-state index contributed by atoms with van der Waals surface area (Å²) in [6.07, 6.45) is -62.8. The van der Waals surface area contributed by atoms with Gasteiger partial charge in [-0.15, -0.1) is 0 Å². The lowest BCUT2D eigenvalue weighted by molar-refractivity contribution is -0.0259. The van der Waals surface area contributed by atoms with E-state index in [1.807, 2.05) is 0 Å². The minimum absolute atomic E-state index is 0.0378. The van der Waals surface area contributed by atoms with Crippen LogP contribution in [0.1, 0.15) is 389 Å². The molecule has 786 valence electrons. The fourth-order valence-corrected chi connectivity index (χ4v) is 17.7. The molecule has 18 rings (SSSR count). The van der Waals surface area contributed by atoms with E-state index in [0.29, 0.717) is 18.7 Å². The van der Waals surface area contributed by atoms with Crippen LogP contribution in [-0.2, 0) is 38.2 Å². The number of rotatable bonds is 21. The first-order valence-corrected chi connectivity index (χ1v) is 45.1. The minimum atomic E-state index is -4.04. The summed E-state index contributed by atoms with van der Waals surface area (Å²) in [5.74, 6) is -17.6. The van der Waals surface area contributed by atoms with Crippen LogP contribution in [-0.4, -0.2) is 260 Å². The van der Waals surface area contributed by atoms with E-state index in [4.69, 9.17) is 162 Å². The normalized spacial score (nSPS) is 47.9. The van der Waals surface area contributed by atoms with Crippen LogP contribution in [0, 0.1) is 69.4 Å². The van der Waals surface area contributed by atoms with Gasteiger partial charge in [0, 0.05) is 201 Å². The van der Waals surface area contributed by atoms with Crippen molar-refractivity contribution < 1.29 is 193 Å². The summed E-state index contributed by atoms with van der Waals surface area (Å²) in [6, 6.07) is 3.37. The zero-order valence-electron chi connectivity index (χ0n) is 159. The molecule has 6 N–H and O–H groups in total. The Kier molecular flexibility index (Phi) is 16.2. The lowest BCUT2D eigenvalue weighted by Crippen LogP contribution is -2.48. The van der Waals surface area contributed by atoms with E-state index in [0.717, 1.165) is 76.1 Å². The van der Waals surface area contributed by atoms with Crippen LogP contribution in [0.3, 0.4) is 0 Å². The van der Waals surface area contributed by atoms with Gasteiger partial charge in [-0.3, -0.25) is 29.4 Å². The lowest BCUT2D eigenvalue weighted by Gasteiger charge is -2.47. The van der Waals surface area contributed by atoms with Crippen molar-refractivity contribution in [2.75, 3.05) is 163 Å². The number of aryl methyl sites for hydroxylation is 6. The van der Waals surface area contributed by atoms with E-state index in [1.165, 1.54) is 87.2 Å². The predicted octanol–water partition coefficient (Wildman–Crippen LogP) is 19.3. The smallest absolute Gasteiger partial charge is 0.161 e. The minimum Gasteiger partial charge on any atom is -0.493 e. The highest BCUT2D eigenvalue weighted by molar-refractivity contribution is 5.55. The van der Waals surface area contributed by atoms with Gasteiger partial charge in [0.05, 0.1) is 141 Å². The monoisotopic (exact) mass is 2030 g/mol. The van der Waals surface area contributed by atoms with Gasteiger partial charge >= 0.3 is 0 Å². The van der Waals surface area contributed by atoms with Crippen molar-refractivity contribution in [1.29, 1.82) is 0 Å². The van der Waals surface area contributed by atoms with E-state index in [2.05, 4.69) is 0 Å². The van der Waals surface area contributed by atoms with E-state index in [9.17, 15) is 30.6 Å². The first-order valence-electron chi connectivity index (χ1n) is 83.6. The Morgan fingerprint density at radius 3 is 0.716 bits per heavy atom. The highest BCUT2D eigenvalue weighted by Crippen LogP contribution is 2.53. The molecule has 0 spiro atoms. The third-order valence-corrected chi connectivity index (χ3v) is 24.0. The summed E-state index contributed by atoms with van der Waals surface area (Å²) in [5.41, 5.74) is -12.7. The van der Waals surface area contributed by atoms with E-state index < -0.39 is 389 Å². The fraction of sp³-hybridized carbons (Fsp3) is 0.692. The first kappa shape index (κ1) is 47.3. The molecule has 141 heavy (non-hydrogen) atoms. The molecule has 0 saturated carbocycles. The number of benzene rings is 6. The van der Waals surface area contributed by atoms with E-state index in [-0.39, 0.29) is 149 Å². The van der Waals surface area contributed by atoms with Gasteiger partial charge < -0.3 is 87.5 Å². The third kappa shape index (κ3) is 26.9. The topological polar surface area (TPSA) is 252 Å². The SMILES string of the molecule is [2H]C([2H])([2H])C(C)(C([2H])([2H])[2H])C([2H])([2H])C1([2H])CN2C(c3cc(OC)c(OC)cc3C([2H])([2H])C2([2H])[2H])C([2H])([2H])C1([2H])O.[2H]C([2H])([2H])Oc1cc2c(cc1OC)C([2H])([2H])C([2H])([2H])N1CC(C([2H])([2H])C(C)(C([2H])([2H])[2H])C([2H])([2H])[2H])C(O)CC21.[2H]C([2H])([2H])Oc1cc2c(cc1OC)C([2H])([2H])C([2H])([2H])N1CC([2H])(C([2H])([2H])C(C)(C([2H])([2H])[2H])C([2H])([2H])[2H])C([2H])(O)C([2H])([2H])C21.[2H]C([2H])([2H])Oc1cc2c(cc1OC)C([2H])([2H])C([2H])([2H])N1CC([2H])(CC(C)C)C([2H])(O)C([2H])([2H])C21.[2H]C1(CC(C)C)CN2C(c3cc(OC)c(OC)cc3C([2H])([2H])C2([2H])[2H])C([2H])([2H])C1([2H])O.[2H]C1(CC(C)C)CN2C(c3cc(OC)c(OC)cc3C([2H])([2H])C2([2H])[2H])C([2H])([2H])C1([2H])O. The van der Waals surface area contributed by atoms with Crippen molar-refractivity contribution in [2.45, 2.75) is 291 Å². The Morgan fingerprint density at radius 1 is 0.298 bits per heavy atom. The molecule has 24 heteroatoms. The number of methoxy groups -OCH3 is 12. The Morgan fingerprint density at radius 2 is 0.496 bits per heavy atom. The van der Waals surface area contributed by atoms with Gasteiger partial charge in [-0.05, 0) is 324 Å². The van der Waals surface area contributed by atoms with Crippen molar-refractivity contribution in [2.24, 2.45) is 69.4 Å². The van der Waals surface area contributed by atoms with Gasteiger partial charge in [0.15, 0.2) is 69.0 Å². The van der Waals surface area contributed by atoms with Crippen molar-refractivity contribution in [3.05, 3.63) is 140 Å². The van der Waals surface area contributed by atoms with Gasteiger partial charge in [-0.25, -0.2) is 0 Å². The number of fused-ring (bicyclic) bond motifs is 18. The number of piperidine rings is 6. The zero-order valence-corrected chi connectivity index (χ0v) is 81.6. The highest BCUT2D eigenvalue weighted by Gasteiger charge is 2.47. The van der Waals surface area contributed by atoms with Gasteiger partial charge in [0.2, 0.25) is 0 Å². The number of ether oxygens (including phenoxy) is 12. The maximum atomic E-state index is 11.5. The predicted molar refractivity (Wildman–Crippen MR) is 561 cm³/mol. The van der Waals surface area contributed by atoms with E-state index in [1.54, 1.807) is 41.5 Å². The number of aliphatic hydroxyl groups excluding tert-OH is 1. The van der Waals surface area contributed by atoms with E-state index >= 15 is 0 Å². The summed E-state index contributed by atoms with van der Waals surface area (Å²) >= 11 is 0. The molecule has 6 saturated heterocycles. The Hall–Kier alpha value is -7.56. The zero-order chi connectivity index (χ0) is 170. The second-order valence-electron chi connectivity index (χ2n) is 36.4. The van der Waals surface area contributed by atoms with Crippen LogP contribution in [0.2, 0.25) is 0 Å². The van der Waals surface area contributed by atoms with Crippen molar-refractivity contribution >= 4 is 0 Å². The molecule has 0 aromatic heterocycles. The molecule has 12 aliphatic rings. The quantitative estimate of drug-likeness (QED) is 0.0392. The fourth-order valence-electron chi connectivity index (χ4n) is 17.7. The molecule has 24 nitrogen and oxygen atoms in total. The molecule has 0 radical (unpaired) electrons. The van der Waals surface area contributed by atoms with Crippen LogP contribution in [0.25, 0.3) is 0 Å². The molecule has 18 atom stereocenters. The molecule has 12 heterocycles. The van der Waals surface area contributed by atoms with Gasteiger partial charge in [-0.2, -0.15) is 0 Å². The lowest BCUT2D eigenvalue weighted by atomic mass is 9.75. The van der Waals surface area contributed by atoms with Crippen LogP contribution < -0.4 is 56.8 Å². The molecule has 6 aromatic rings. The highest BCUT2D eigenvalue weighted by atomic mass is 16.5. The maximum absolute atomic E-state index is 11.5. The Bertz CT molecular complexity index is 8610. The van der Waals surface area contributed by atoms with Crippen LogP contribution in [0.5, 0.6) is 69.0 Å². The maximum Gasteiger partial charge on any atom is 0.161 e. The molecule has 6 aromatic carbocycles. The summed E-state index contributed by atoms with van der Waals surface area (Å²) in [6.45, 7) is -32.6. The molecular formula is C117H180N6O18. The summed E-state index contributed by atoms with van der Waals surface area (Å²) in [5, 5.41) is 67.3. The van der Waals surface area contributed by atoms with Gasteiger partial charge in [0.25, 0.3) is 0 Å². The third-order valence-electron chi connectivity index (χ3n) is 24.0. The molecule has 12 aliphatic heterocycles. The van der Waals surface area contributed by atoms with Crippen molar-refractivity contribution in [1.82, 2.24) is 29.4 Å². The Balaban J connectivity index is 0.000000209. The average Bonchev–Trinajstić information content (AvgIpc) is 0.623. The van der Waals surface area contributed by atoms with Crippen LogP contribution in [0.15, 0.2) is 72.8 Å². The number of hydrogen-bond donors (Lipinski definition) is 6. The molecular weight excluding hydrogens is 1780 g/mol. The number of hydrogen-bond acceptors (Lipinski definition) is 24. The largest absolute Gasteiger partial charge is 0.493 e. The van der Waals surface area contributed by atoms with Crippen LogP contribution in [0.4, 0.5) is 0 Å². The standard InChI is InChI=1S/3C20H31NO3.3C19H29NO3/c3*1-20(2,3)11-14-12-21-7-6-13-8-18(23-4)19(24-5)9-15(13)16(21)10-17(14)22;3*1-12(2)7-14-11-20-6-5-13-8-18(22-3)19(23-4)9-15(13)16(20)10-17(14)21/h3*8-9,14,16-17,22H,6-7,10-12H2,1-5H3;3*8-9,12,14,16-17,21H,5-7,10-11H2,1-4H3/i1D3,2D3,5D3,6D2,7D2,10D2,11D2,14D,17D;1D3,2D3,6D2,7D2,10D2,11D2,14D,17D;1D3,2D3,5D3,6D2,7D2,11D2;4D3,5D2,6D2,10D2,14D,17D;2*5D2,6D2,10D2,14D,17D. The summed E-state index contributed by atoms with van der Waals surface area (Å²) in [4.78, 5) is 4.37. The molecule has 0 bridgehead atoms. The Labute approximate surface area is 954 Å². The first-order chi connectivity index (χ1) is 96.7. The summed E-state index contributed by atoms with van der Waals surface area (Å²) < 4.78 is 705. The average molecular weight is 2040 g/mol. The van der Waals surface area contributed by atoms with Gasteiger partial charge in [-0.1, -0.05) is 103 Å².